The van der Waals surface area contributed by atoms with E-state index in [9.17, 15) is 13.5 Å². The van der Waals surface area contributed by atoms with E-state index in [1.54, 1.807) is 12.1 Å². The summed E-state index contributed by atoms with van der Waals surface area (Å²) in [5.41, 5.74) is 0.674. The van der Waals surface area contributed by atoms with E-state index in [-0.39, 0.29) is 11.5 Å². The van der Waals surface area contributed by atoms with E-state index < -0.39 is 10.0 Å². The van der Waals surface area contributed by atoms with Crippen LogP contribution in [0.3, 0.4) is 0 Å². The molecule has 1 aromatic carbocycles. The molecule has 7 heteroatoms. The molecule has 0 atom stereocenters. The Morgan fingerprint density at radius 1 is 1.41 bits per heavy atom. The highest BCUT2D eigenvalue weighted by atomic mass is 35.5. The molecule has 0 aromatic heterocycles. The molecule has 0 amide bonds. The number of halogens is 1. The molecule has 5 nitrogen and oxygen atoms in total. The molecule has 0 aliphatic carbocycles. The van der Waals surface area contributed by atoms with Crippen LogP contribution in [0, 0.1) is 0 Å². The number of rotatable bonds is 6. The fraction of sp³-hybridized carbons (Fsp3) is 0.400. The summed E-state index contributed by atoms with van der Waals surface area (Å²) in [6, 6.07) is 4.77. The lowest BCUT2D eigenvalue weighted by Crippen LogP contribution is -2.22. The first-order valence-corrected chi connectivity index (χ1v) is 7.16. The van der Waals surface area contributed by atoms with Gasteiger partial charge in [0.25, 0.3) is 0 Å². The summed E-state index contributed by atoms with van der Waals surface area (Å²) < 4.78 is 21.3. The molecular weight excluding hydrogens is 264 g/mol. The zero-order valence-electron chi connectivity index (χ0n) is 9.19. The largest absolute Gasteiger partial charge is 0.508 e. The predicted molar refractivity (Wildman–Crippen MR) is 67.4 cm³/mol. The quantitative estimate of drug-likeness (QED) is 0.672. The Hall–Kier alpha value is -0.820. The highest BCUT2D eigenvalue weighted by Gasteiger charge is 2.03. The summed E-state index contributed by atoms with van der Waals surface area (Å²) in [6.07, 6.45) is 0.431. The van der Waals surface area contributed by atoms with Crippen LogP contribution in [-0.2, 0) is 16.6 Å². The van der Waals surface area contributed by atoms with Crippen molar-refractivity contribution in [3.05, 3.63) is 28.8 Å². The number of primary sulfonamides is 1. The van der Waals surface area contributed by atoms with Gasteiger partial charge in [-0.3, -0.25) is 0 Å². The van der Waals surface area contributed by atoms with Crippen molar-refractivity contribution in [3.63, 3.8) is 0 Å². The van der Waals surface area contributed by atoms with Crippen LogP contribution in [0.25, 0.3) is 0 Å². The Labute approximate surface area is 106 Å². The molecule has 17 heavy (non-hydrogen) atoms. The monoisotopic (exact) mass is 278 g/mol. The minimum Gasteiger partial charge on any atom is -0.508 e. The van der Waals surface area contributed by atoms with Crippen molar-refractivity contribution in [2.45, 2.75) is 13.0 Å². The highest BCUT2D eigenvalue weighted by molar-refractivity contribution is 7.89. The van der Waals surface area contributed by atoms with Gasteiger partial charge in [0.15, 0.2) is 0 Å². The molecule has 0 radical (unpaired) electrons. The van der Waals surface area contributed by atoms with Gasteiger partial charge in [-0.1, -0.05) is 11.6 Å². The van der Waals surface area contributed by atoms with Gasteiger partial charge in [-0.25, -0.2) is 13.6 Å². The predicted octanol–water partition coefficient (Wildman–Crippen LogP) is 0.814. The van der Waals surface area contributed by atoms with Gasteiger partial charge >= 0.3 is 0 Å². The lowest BCUT2D eigenvalue weighted by molar-refractivity contribution is 0.464. The van der Waals surface area contributed by atoms with E-state index >= 15 is 0 Å². The van der Waals surface area contributed by atoms with Crippen molar-refractivity contribution in [1.82, 2.24) is 5.32 Å². The minimum atomic E-state index is -3.39. The molecule has 0 aliphatic rings. The van der Waals surface area contributed by atoms with Gasteiger partial charge in [-0.15, -0.1) is 0 Å². The summed E-state index contributed by atoms with van der Waals surface area (Å²) in [6.45, 7) is 0.930. The number of phenols is 1. The molecule has 0 aliphatic heterocycles. The summed E-state index contributed by atoms with van der Waals surface area (Å²) >= 11 is 5.78. The van der Waals surface area contributed by atoms with E-state index in [4.69, 9.17) is 16.7 Å². The molecule has 0 spiro atoms. The molecule has 0 saturated heterocycles. The highest BCUT2D eigenvalue weighted by Crippen LogP contribution is 2.20. The number of nitrogens with one attached hydrogen (secondary N) is 1. The van der Waals surface area contributed by atoms with Crippen LogP contribution in [0.4, 0.5) is 0 Å². The van der Waals surface area contributed by atoms with Crippen LogP contribution < -0.4 is 10.5 Å². The number of benzene rings is 1. The lowest BCUT2D eigenvalue weighted by Gasteiger charge is -2.06. The summed E-state index contributed by atoms with van der Waals surface area (Å²) in [5.74, 6) is 0.106. The molecule has 0 heterocycles. The Balaban J connectivity index is 2.34. The number of hydrogen-bond acceptors (Lipinski definition) is 4. The third-order valence-electron chi connectivity index (χ3n) is 2.14. The molecule has 1 rings (SSSR count). The van der Waals surface area contributed by atoms with Crippen molar-refractivity contribution >= 4 is 21.6 Å². The molecule has 1 aromatic rings. The first-order valence-electron chi connectivity index (χ1n) is 5.07. The normalized spacial score (nSPS) is 11.6. The molecule has 96 valence electrons. The van der Waals surface area contributed by atoms with Crippen LogP contribution in [0.5, 0.6) is 5.75 Å². The Bertz CT molecular complexity index is 476. The maximum atomic E-state index is 10.7. The van der Waals surface area contributed by atoms with Crippen LogP contribution >= 0.6 is 11.6 Å². The maximum Gasteiger partial charge on any atom is 0.209 e. The van der Waals surface area contributed by atoms with Crippen LogP contribution in [0.15, 0.2) is 18.2 Å². The average Bonchev–Trinajstić information content (AvgIpc) is 2.21. The number of phenolic OH excluding ortho intramolecular Hbond substituents is 1. The van der Waals surface area contributed by atoms with Gasteiger partial charge in [0.05, 0.1) is 5.75 Å². The zero-order chi connectivity index (χ0) is 12.9. The number of sulfonamides is 1. The standard InChI is InChI=1S/C10H15ClN2O3S/c11-9-2-3-10(14)8(6-9)7-13-4-1-5-17(12,15)16/h2-3,6,13-14H,1,4-5,7H2,(H2,12,15,16). The van der Waals surface area contributed by atoms with Crippen molar-refractivity contribution < 1.29 is 13.5 Å². The lowest BCUT2D eigenvalue weighted by atomic mass is 10.2. The van der Waals surface area contributed by atoms with E-state index in [1.807, 2.05) is 0 Å². The fourth-order valence-corrected chi connectivity index (χ4v) is 2.06. The van der Waals surface area contributed by atoms with Crippen molar-refractivity contribution in [2.75, 3.05) is 12.3 Å². The Kier molecular flexibility index (Phi) is 5.20. The first-order chi connectivity index (χ1) is 7.88. The number of nitrogens with two attached hydrogens (primary N) is 1. The van der Waals surface area contributed by atoms with Crippen molar-refractivity contribution in [1.29, 1.82) is 0 Å². The van der Waals surface area contributed by atoms with Crippen molar-refractivity contribution in [3.8, 4) is 5.75 Å². The summed E-state index contributed by atoms with van der Waals surface area (Å²) in [4.78, 5) is 0. The third-order valence-corrected chi connectivity index (χ3v) is 3.23. The Morgan fingerprint density at radius 3 is 2.76 bits per heavy atom. The van der Waals surface area contributed by atoms with E-state index in [0.29, 0.717) is 30.1 Å². The summed E-state index contributed by atoms with van der Waals surface area (Å²) in [7, 11) is -3.39. The van der Waals surface area contributed by atoms with Crippen LogP contribution in [0.1, 0.15) is 12.0 Å². The minimum absolute atomic E-state index is 0.0540. The second-order valence-electron chi connectivity index (χ2n) is 3.67. The van der Waals surface area contributed by atoms with Crippen LogP contribution in [0.2, 0.25) is 5.02 Å². The van der Waals surface area contributed by atoms with E-state index in [2.05, 4.69) is 5.32 Å². The smallest absolute Gasteiger partial charge is 0.209 e. The molecule has 0 saturated carbocycles. The van der Waals surface area contributed by atoms with Crippen molar-refractivity contribution in [2.24, 2.45) is 5.14 Å². The number of aromatic hydroxyl groups is 1. The SMILES string of the molecule is NS(=O)(=O)CCCNCc1cc(Cl)ccc1O. The second kappa shape index (κ2) is 6.20. The zero-order valence-corrected chi connectivity index (χ0v) is 10.8. The number of hydrogen-bond donors (Lipinski definition) is 3. The molecule has 0 fully saturated rings. The second-order valence-corrected chi connectivity index (χ2v) is 5.84. The Morgan fingerprint density at radius 2 is 2.12 bits per heavy atom. The van der Waals surface area contributed by atoms with E-state index in [0.717, 1.165) is 0 Å². The van der Waals surface area contributed by atoms with E-state index in [1.165, 1.54) is 6.07 Å². The molecule has 0 unspecified atom stereocenters. The third kappa shape index (κ3) is 5.88. The molecular formula is C10H15ClN2O3S. The van der Waals surface area contributed by atoms with Gasteiger partial charge < -0.3 is 10.4 Å². The van der Waals surface area contributed by atoms with Gasteiger partial charge in [0.2, 0.25) is 10.0 Å². The van der Waals surface area contributed by atoms with Gasteiger partial charge in [-0.05, 0) is 31.2 Å². The first kappa shape index (κ1) is 14.2. The topological polar surface area (TPSA) is 92.4 Å². The van der Waals surface area contributed by atoms with Crippen LogP contribution in [-0.4, -0.2) is 25.8 Å². The maximum absolute atomic E-state index is 10.7. The van der Waals surface area contributed by atoms with Gasteiger partial charge in [0.1, 0.15) is 5.75 Å². The molecule has 0 bridgehead atoms. The summed E-state index contributed by atoms with van der Waals surface area (Å²) in [5, 5.41) is 17.9. The average molecular weight is 279 g/mol. The molecule has 4 N–H and O–H groups in total. The fourth-order valence-electron chi connectivity index (χ4n) is 1.32. The van der Waals surface area contributed by atoms with Gasteiger partial charge in [-0.2, -0.15) is 0 Å². The van der Waals surface area contributed by atoms with Gasteiger partial charge in [0, 0.05) is 17.1 Å².